The number of carbonyl (C=O) groups excluding carboxylic acids is 3. The van der Waals surface area contributed by atoms with Crippen molar-refractivity contribution in [3.63, 3.8) is 0 Å². The second-order valence-electron chi connectivity index (χ2n) is 9.16. The van der Waals surface area contributed by atoms with Gasteiger partial charge in [0.05, 0.1) is 34.6 Å². The van der Waals surface area contributed by atoms with E-state index >= 15 is 0 Å². The maximum atomic E-state index is 14.3. The summed E-state index contributed by atoms with van der Waals surface area (Å²) >= 11 is 12.4. The van der Waals surface area contributed by atoms with Crippen LogP contribution in [0.15, 0.2) is 54.7 Å². The first-order valence-electron chi connectivity index (χ1n) is 12.7. The number of benzene rings is 2. The minimum Gasteiger partial charge on any atom is -0.468 e. The zero-order valence-electron chi connectivity index (χ0n) is 22.2. The standard InChI is InChI=1S/C26H29Cl2N6O6P/c1-16(26(37)39-2)33-41(38,40-18-7-4-3-5-8-18)34-15-21(31-24(35)22-19(27)9-6-10-20(22)28)23(32-34)25(36)30-17-11-13-29-14-12-17/h3-10,15-17,29H,11-14H2,1-2H3,(H,30,36)(H,31,35)(H,33,38)/t16-,41?/m0/s1. The van der Waals surface area contributed by atoms with Crippen LogP contribution >= 0.6 is 30.9 Å². The molecule has 0 spiro atoms. The van der Waals surface area contributed by atoms with Crippen LogP contribution in [0.4, 0.5) is 5.69 Å². The number of nitrogens with zero attached hydrogens (tertiary/aromatic N) is 2. The molecule has 0 radical (unpaired) electrons. The smallest absolute Gasteiger partial charge is 0.440 e. The van der Waals surface area contributed by atoms with Gasteiger partial charge in [0.15, 0.2) is 5.69 Å². The van der Waals surface area contributed by atoms with Crippen molar-refractivity contribution in [1.29, 1.82) is 0 Å². The summed E-state index contributed by atoms with van der Waals surface area (Å²) in [7, 11) is -3.09. The van der Waals surface area contributed by atoms with E-state index in [1.54, 1.807) is 36.4 Å². The fourth-order valence-electron chi connectivity index (χ4n) is 4.10. The van der Waals surface area contributed by atoms with E-state index in [1.165, 1.54) is 32.4 Å². The number of para-hydroxylation sites is 1. The summed E-state index contributed by atoms with van der Waals surface area (Å²) in [5.74, 6) is -1.83. The Morgan fingerprint density at radius 1 is 1.05 bits per heavy atom. The number of hydrogen-bond donors (Lipinski definition) is 4. The molecule has 0 aliphatic carbocycles. The summed E-state index contributed by atoms with van der Waals surface area (Å²) in [6, 6.07) is 11.6. The maximum Gasteiger partial charge on any atom is 0.440 e. The Bertz CT molecular complexity index is 1440. The molecule has 1 aromatic heterocycles. The number of nitrogens with one attached hydrogen (secondary N) is 4. The van der Waals surface area contributed by atoms with Gasteiger partial charge in [-0.2, -0.15) is 9.55 Å². The Labute approximate surface area is 246 Å². The predicted molar refractivity (Wildman–Crippen MR) is 155 cm³/mol. The highest BCUT2D eigenvalue weighted by atomic mass is 35.5. The number of ether oxygens (including phenoxy) is 1. The molecule has 12 nitrogen and oxygen atoms in total. The molecule has 2 atom stereocenters. The molecule has 0 bridgehead atoms. The van der Waals surface area contributed by atoms with Gasteiger partial charge in [-0.3, -0.25) is 14.4 Å². The zero-order chi connectivity index (χ0) is 29.6. The first-order valence-corrected chi connectivity index (χ1v) is 15.0. The molecular formula is C26H29Cl2N6O6P. The second-order valence-corrected chi connectivity index (χ2v) is 11.9. The molecule has 4 rings (SSSR count). The van der Waals surface area contributed by atoms with Gasteiger partial charge >= 0.3 is 13.6 Å². The summed E-state index contributed by atoms with van der Waals surface area (Å²) in [5, 5.41) is 15.8. The van der Waals surface area contributed by atoms with Crippen molar-refractivity contribution in [2.45, 2.75) is 31.8 Å². The molecular weight excluding hydrogens is 594 g/mol. The zero-order valence-corrected chi connectivity index (χ0v) is 24.6. The first-order chi connectivity index (χ1) is 19.6. The predicted octanol–water partition coefficient (Wildman–Crippen LogP) is 4.11. The van der Waals surface area contributed by atoms with E-state index in [2.05, 4.69) is 26.1 Å². The fourth-order valence-corrected chi connectivity index (χ4v) is 6.40. The average Bonchev–Trinajstić information content (AvgIpc) is 3.38. The van der Waals surface area contributed by atoms with Crippen molar-refractivity contribution in [3.8, 4) is 5.75 Å². The van der Waals surface area contributed by atoms with Gasteiger partial charge in [0.25, 0.3) is 11.8 Å². The molecule has 1 aliphatic rings. The minimum absolute atomic E-state index is 0.0190. The lowest BCUT2D eigenvalue weighted by molar-refractivity contribution is -0.142. The molecule has 2 aromatic carbocycles. The molecule has 3 aromatic rings. The number of anilines is 1. The van der Waals surface area contributed by atoms with E-state index in [0.717, 1.165) is 17.5 Å². The van der Waals surface area contributed by atoms with E-state index in [0.29, 0.717) is 12.8 Å². The number of hydrogen-bond acceptors (Lipinski definition) is 8. The van der Waals surface area contributed by atoms with Crippen LogP contribution in [0.5, 0.6) is 5.75 Å². The van der Waals surface area contributed by atoms with Gasteiger partial charge in [-0.1, -0.05) is 47.5 Å². The van der Waals surface area contributed by atoms with Gasteiger partial charge in [0.2, 0.25) is 0 Å². The topological polar surface area (TPSA) is 153 Å². The van der Waals surface area contributed by atoms with Crippen molar-refractivity contribution < 1.29 is 28.2 Å². The molecule has 1 saturated heterocycles. The third kappa shape index (κ3) is 7.46. The van der Waals surface area contributed by atoms with Crippen LogP contribution in [0.1, 0.15) is 40.6 Å². The van der Waals surface area contributed by atoms with Crippen LogP contribution in [0.3, 0.4) is 0 Å². The number of piperidine rings is 1. The number of halogens is 2. The molecule has 15 heteroatoms. The lowest BCUT2D eigenvalue weighted by Gasteiger charge is -2.23. The van der Waals surface area contributed by atoms with E-state index in [9.17, 15) is 18.9 Å². The molecule has 1 aliphatic heterocycles. The second kappa shape index (κ2) is 13.5. The van der Waals surface area contributed by atoms with E-state index in [1.807, 2.05) is 0 Å². The van der Waals surface area contributed by atoms with Gasteiger partial charge < -0.3 is 25.2 Å². The van der Waals surface area contributed by atoms with Gasteiger partial charge in [-0.15, -0.1) is 0 Å². The molecule has 2 amide bonds. The van der Waals surface area contributed by atoms with Gasteiger partial charge in [0.1, 0.15) is 11.8 Å². The monoisotopic (exact) mass is 622 g/mol. The van der Waals surface area contributed by atoms with Crippen LogP contribution < -0.4 is 25.6 Å². The van der Waals surface area contributed by atoms with Crippen LogP contribution in [0.2, 0.25) is 10.0 Å². The van der Waals surface area contributed by atoms with Crippen LogP contribution in [0.25, 0.3) is 0 Å². The fraction of sp³-hybridized carbons (Fsp3) is 0.308. The SMILES string of the molecule is COC(=O)[C@H](C)NP(=O)(Oc1ccccc1)n1cc(NC(=O)c2c(Cl)cccc2Cl)c(C(=O)NC2CCNCC2)n1. The molecule has 41 heavy (non-hydrogen) atoms. The van der Waals surface area contributed by atoms with Crippen LogP contribution in [-0.2, 0) is 14.1 Å². The maximum absolute atomic E-state index is 14.3. The number of carbonyl (C=O) groups is 3. The Morgan fingerprint density at radius 2 is 1.71 bits per heavy atom. The van der Waals surface area contributed by atoms with Gasteiger partial charge in [0, 0.05) is 6.04 Å². The van der Waals surface area contributed by atoms with Crippen LogP contribution in [0, 0.1) is 0 Å². The minimum atomic E-state index is -4.28. The number of rotatable bonds is 10. The largest absolute Gasteiger partial charge is 0.468 e. The first kappa shape index (κ1) is 30.5. The van der Waals surface area contributed by atoms with Gasteiger partial charge in [-0.25, -0.2) is 9.65 Å². The van der Waals surface area contributed by atoms with Crippen molar-refractivity contribution in [3.05, 3.63) is 76.0 Å². The Hall–Kier alpha value is -3.41. The van der Waals surface area contributed by atoms with E-state index in [4.69, 9.17) is 32.5 Å². The average molecular weight is 623 g/mol. The number of amides is 2. The summed E-state index contributed by atoms with van der Waals surface area (Å²) in [6.07, 6.45) is 2.56. The van der Waals surface area contributed by atoms with Crippen molar-refractivity contribution >= 4 is 54.3 Å². The lowest BCUT2D eigenvalue weighted by atomic mass is 10.1. The summed E-state index contributed by atoms with van der Waals surface area (Å²) in [6.45, 7) is 2.88. The van der Waals surface area contributed by atoms with Crippen molar-refractivity contribution in [2.24, 2.45) is 0 Å². The third-order valence-corrected chi connectivity index (χ3v) is 8.73. The highest BCUT2D eigenvalue weighted by Gasteiger charge is 2.36. The number of aromatic nitrogens is 2. The molecule has 4 N–H and O–H groups in total. The van der Waals surface area contributed by atoms with Crippen molar-refractivity contribution in [2.75, 3.05) is 25.5 Å². The molecule has 2 heterocycles. The molecule has 0 saturated carbocycles. The number of esters is 1. The van der Waals surface area contributed by atoms with Crippen LogP contribution in [-0.4, -0.2) is 59.6 Å². The molecule has 218 valence electrons. The van der Waals surface area contributed by atoms with Crippen molar-refractivity contribution in [1.82, 2.24) is 25.3 Å². The normalized spacial score (nSPS) is 15.8. The highest BCUT2D eigenvalue weighted by Crippen LogP contribution is 2.45. The Kier molecular flexibility index (Phi) is 10.1. The van der Waals surface area contributed by atoms with E-state index in [-0.39, 0.29) is 38.8 Å². The highest BCUT2D eigenvalue weighted by molar-refractivity contribution is 7.55. The Balaban J connectivity index is 1.75. The van der Waals surface area contributed by atoms with E-state index < -0.39 is 31.5 Å². The summed E-state index contributed by atoms with van der Waals surface area (Å²) in [4.78, 5) is 38.9. The van der Waals surface area contributed by atoms with Gasteiger partial charge in [-0.05, 0) is 57.1 Å². The number of methoxy groups -OCH3 is 1. The molecule has 1 fully saturated rings. The third-order valence-electron chi connectivity index (χ3n) is 6.18. The molecule has 1 unspecified atom stereocenters. The summed E-state index contributed by atoms with van der Waals surface area (Å²) < 4.78 is 25.8. The quantitative estimate of drug-likeness (QED) is 0.193. The lowest BCUT2D eigenvalue weighted by Crippen LogP contribution is -2.43. The summed E-state index contributed by atoms with van der Waals surface area (Å²) in [5.41, 5.74) is -0.333. The Morgan fingerprint density at radius 3 is 2.34 bits per heavy atom.